The fourth-order valence-corrected chi connectivity index (χ4v) is 3.72. The molecule has 4 aliphatic rings. The first-order chi connectivity index (χ1) is 12.8. The highest BCUT2D eigenvalue weighted by Crippen LogP contribution is 2.35. The second-order valence-corrected chi connectivity index (χ2v) is 6.97. The number of fused-ring (bicyclic) bond motifs is 2. The van der Waals surface area contributed by atoms with Crippen molar-refractivity contribution in [3.63, 3.8) is 0 Å². The van der Waals surface area contributed by atoms with Crippen molar-refractivity contribution in [3.8, 4) is 11.5 Å². The highest BCUT2D eigenvalue weighted by molar-refractivity contribution is 6.00. The molecule has 26 heavy (non-hydrogen) atoms. The van der Waals surface area contributed by atoms with E-state index in [2.05, 4.69) is 46.5 Å². The number of nitrogens with one attached hydrogen (secondary N) is 1. The molecule has 6 nitrogen and oxygen atoms in total. The van der Waals surface area contributed by atoms with Crippen molar-refractivity contribution in [3.05, 3.63) is 53.9 Å². The van der Waals surface area contributed by atoms with Crippen molar-refractivity contribution < 1.29 is 9.47 Å². The van der Waals surface area contributed by atoms with Gasteiger partial charge in [-0.25, -0.2) is 4.99 Å². The lowest BCUT2D eigenvalue weighted by Gasteiger charge is -2.37. The molecule has 0 radical (unpaired) electrons. The second kappa shape index (κ2) is 6.21. The van der Waals surface area contributed by atoms with E-state index in [1.54, 1.807) is 0 Å². The lowest BCUT2D eigenvalue weighted by Crippen LogP contribution is -2.49. The van der Waals surface area contributed by atoms with Crippen LogP contribution in [-0.2, 0) is 0 Å². The molecule has 1 saturated heterocycles. The lowest BCUT2D eigenvalue weighted by atomic mass is 10.1. The van der Waals surface area contributed by atoms with Crippen LogP contribution >= 0.6 is 0 Å². The van der Waals surface area contributed by atoms with Crippen LogP contribution in [0.2, 0.25) is 0 Å². The van der Waals surface area contributed by atoms with Crippen LogP contribution in [0.25, 0.3) is 5.70 Å². The lowest BCUT2D eigenvalue weighted by molar-refractivity contribution is 0.174. The number of nitrogens with zero attached hydrogens (tertiary/aromatic N) is 3. The Morgan fingerprint density at radius 3 is 3.04 bits per heavy atom. The van der Waals surface area contributed by atoms with E-state index in [0.29, 0.717) is 12.8 Å². The SMILES string of the molecule is C[C@@H]1CN(C2=CN3CC=C(c4ccc5c(c4)OCO5)N=C3C=C2)CCN1. The summed E-state index contributed by atoms with van der Waals surface area (Å²) in [4.78, 5) is 9.48. The first-order valence-electron chi connectivity index (χ1n) is 9.10. The normalized spacial score (nSPS) is 24.0. The van der Waals surface area contributed by atoms with Gasteiger partial charge in [0.25, 0.3) is 0 Å². The van der Waals surface area contributed by atoms with Crippen LogP contribution in [0.5, 0.6) is 11.5 Å². The van der Waals surface area contributed by atoms with Gasteiger partial charge in [0.2, 0.25) is 6.79 Å². The maximum Gasteiger partial charge on any atom is 0.231 e. The van der Waals surface area contributed by atoms with Gasteiger partial charge in [0, 0.05) is 44.0 Å². The molecule has 1 atom stereocenters. The molecule has 4 heterocycles. The molecular weight excluding hydrogens is 328 g/mol. The minimum absolute atomic E-state index is 0.293. The number of benzene rings is 1. The zero-order chi connectivity index (χ0) is 17.5. The van der Waals surface area contributed by atoms with E-state index >= 15 is 0 Å². The Kier molecular flexibility index (Phi) is 3.71. The molecule has 134 valence electrons. The highest BCUT2D eigenvalue weighted by atomic mass is 16.7. The topological polar surface area (TPSA) is 49.3 Å². The van der Waals surface area contributed by atoms with Crippen molar-refractivity contribution in [1.29, 1.82) is 0 Å². The van der Waals surface area contributed by atoms with E-state index in [9.17, 15) is 0 Å². The van der Waals surface area contributed by atoms with Crippen molar-refractivity contribution in [2.24, 2.45) is 4.99 Å². The van der Waals surface area contributed by atoms with Gasteiger partial charge in [-0.05, 0) is 43.4 Å². The zero-order valence-corrected chi connectivity index (χ0v) is 14.8. The molecular formula is C20H22N4O2. The number of aliphatic imine (C=N–C) groups is 1. The molecule has 0 aromatic heterocycles. The molecule has 4 aliphatic heterocycles. The Balaban J connectivity index is 1.36. The molecule has 1 fully saturated rings. The van der Waals surface area contributed by atoms with Gasteiger partial charge in [-0.3, -0.25) is 0 Å². The van der Waals surface area contributed by atoms with Gasteiger partial charge in [-0.2, -0.15) is 0 Å². The van der Waals surface area contributed by atoms with E-state index in [1.165, 1.54) is 5.70 Å². The van der Waals surface area contributed by atoms with Crippen molar-refractivity contribution in [2.75, 3.05) is 33.0 Å². The molecule has 1 N–H and O–H groups in total. The van der Waals surface area contributed by atoms with Gasteiger partial charge in [0.05, 0.1) is 11.4 Å². The largest absolute Gasteiger partial charge is 0.454 e. The van der Waals surface area contributed by atoms with Gasteiger partial charge >= 0.3 is 0 Å². The average Bonchev–Trinajstić information content (AvgIpc) is 3.15. The minimum Gasteiger partial charge on any atom is -0.454 e. The summed E-state index contributed by atoms with van der Waals surface area (Å²) in [6, 6.07) is 6.51. The average molecular weight is 350 g/mol. The van der Waals surface area contributed by atoms with E-state index in [1.807, 2.05) is 18.2 Å². The summed E-state index contributed by atoms with van der Waals surface area (Å²) in [6.07, 6.45) is 8.66. The highest BCUT2D eigenvalue weighted by Gasteiger charge is 2.23. The Morgan fingerprint density at radius 2 is 2.12 bits per heavy atom. The molecule has 0 spiro atoms. The number of piperazine rings is 1. The smallest absolute Gasteiger partial charge is 0.231 e. The number of ether oxygens (including phenoxy) is 2. The van der Waals surface area contributed by atoms with Crippen LogP contribution in [0.4, 0.5) is 0 Å². The Morgan fingerprint density at radius 1 is 1.19 bits per heavy atom. The fourth-order valence-electron chi connectivity index (χ4n) is 3.72. The standard InChI is InChI=1S/C20H22N4O2/c1-14-11-23(9-7-21-14)16-3-5-20-22-17(6-8-24(20)12-16)15-2-4-18-19(10-15)26-13-25-18/h2-6,10,12,14,21H,7-9,11,13H2,1H3/t14-/m1/s1. The first-order valence-corrected chi connectivity index (χ1v) is 9.10. The molecule has 0 bridgehead atoms. The summed E-state index contributed by atoms with van der Waals surface area (Å²) in [5.74, 6) is 2.57. The van der Waals surface area contributed by atoms with Gasteiger partial charge in [0.1, 0.15) is 5.84 Å². The van der Waals surface area contributed by atoms with Gasteiger partial charge in [-0.15, -0.1) is 0 Å². The number of hydrogen-bond donors (Lipinski definition) is 1. The number of hydrogen-bond acceptors (Lipinski definition) is 6. The van der Waals surface area contributed by atoms with E-state index in [4.69, 9.17) is 14.5 Å². The Labute approximate surface area is 153 Å². The molecule has 5 rings (SSSR count). The summed E-state index contributed by atoms with van der Waals surface area (Å²) >= 11 is 0. The fraction of sp³-hybridized carbons (Fsp3) is 0.350. The molecule has 0 unspecified atom stereocenters. The van der Waals surface area contributed by atoms with Gasteiger partial charge in [0.15, 0.2) is 11.5 Å². The van der Waals surface area contributed by atoms with E-state index in [0.717, 1.165) is 54.8 Å². The quantitative estimate of drug-likeness (QED) is 0.886. The maximum absolute atomic E-state index is 5.48. The third-order valence-corrected chi connectivity index (χ3v) is 5.10. The van der Waals surface area contributed by atoms with Crippen LogP contribution in [0, 0.1) is 0 Å². The summed E-state index contributed by atoms with van der Waals surface area (Å²) in [5.41, 5.74) is 3.30. The second-order valence-electron chi connectivity index (χ2n) is 6.97. The Bertz CT molecular complexity index is 855. The van der Waals surface area contributed by atoms with Crippen LogP contribution in [0.15, 0.2) is 53.3 Å². The summed E-state index contributed by atoms with van der Waals surface area (Å²) in [6.45, 7) is 6.45. The summed E-state index contributed by atoms with van der Waals surface area (Å²) < 4.78 is 10.9. The van der Waals surface area contributed by atoms with Crippen LogP contribution in [0.1, 0.15) is 12.5 Å². The van der Waals surface area contributed by atoms with Gasteiger partial charge < -0.3 is 24.6 Å². The summed E-state index contributed by atoms with van der Waals surface area (Å²) in [5, 5.41) is 3.49. The Hall–Kier alpha value is -2.73. The first kappa shape index (κ1) is 15.5. The number of allylic oxidation sites excluding steroid dienone is 1. The van der Waals surface area contributed by atoms with Crippen LogP contribution in [-0.4, -0.2) is 54.6 Å². The molecule has 0 amide bonds. The predicted octanol–water partition coefficient (Wildman–Crippen LogP) is 2.18. The molecule has 0 saturated carbocycles. The number of amidine groups is 1. The number of rotatable bonds is 2. The maximum atomic E-state index is 5.48. The van der Waals surface area contributed by atoms with Crippen molar-refractivity contribution >= 4 is 11.5 Å². The van der Waals surface area contributed by atoms with Crippen LogP contribution in [0.3, 0.4) is 0 Å². The predicted molar refractivity (Wildman–Crippen MR) is 101 cm³/mol. The monoisotopic (exact) mass is 350 g/mol. The third kappa shape index (κ3) is 2.76. The minimum atomic E-state index is 0.293. The summed E-state index contributed by atoms with van der Waals surface area (Å²) in [7, 11) is 0. The molecule has 1 aromatic rings. The van der Waals surface area contributed by atoms with Crippen molar-refractivity contribution in [2.45, 2.75) is 13.0 Å². The third-order valence-electron chi connectivity index (χ3n) is 5.10. The van der Waals surface area contributed by atoms with Crippen molar-refractivity contribution in [1.82, 2.24) is 15.1 Å². The zero-order valence-electron chi connectivity index (χ0n) is 14.8. The van der Waals surface area contributed by atoms with Crippen LogP contribution < -0.4 is 14.8 Å². The molecule has 0 aliphatic carbocycles. The molecule has 1 aromatic carbocycles. The van der Waals surface area contributed by atoms with E-state index < -0.39 is 0 Å². The van der Waals surface area contributed by atoms with E-state index in [-0.39, 0.29) is 0 Å². The molecule has 6 heteroatoms. The van der Waals surface area contributed by atoms with Gasteiger partial charge in [-0.1, -0.05) is 0 Å².